The highest BCUT2D eigenvalue weighted by Crippen LogP contribution is 2.20. The Morgan fingerprint density at radius 2 is 2.40 bits per heavy atom. The van der Waals surface area contributed by atoms with Crippen molar-refractivity contribution < 1.29 is 18.7 Å². The molecule has 15 heavy (non-hydrogen) atoms. The van der Waals surface area contributed by atoms with Gasteiger partial charge in [-0.15, -0.1) is 0 Å². The summed E-state index contributed by atoms with van der Waals surface area (Å²) in [7, 11) is 0. The maximum atomic E-state index is 11.6. The quantitative estimate of drug-likeness (QED) is 0.702. The van der Waals surface area contributed by atoms with E-state index in [0.29, 0.717) is 24.5 Å². The molecule has 2 rings (SSSR count). The van der Waals surface area contributed by atoms with Crippen LogP contribution in [-0.4, -0.2) is 29.9 Å². The summed E-state index contributed by atoms with van der Waals surface area (Å²) >= 11 is 0. The normalized spacial score (nSPS) is 15.0. The van der Waals surface area contributed by atoms with Gasteiger partial charge in [-0.3, -0.25) is 9.69 Å². The summed E-state index contributed by atoms with van der Waals surface area (Å²) in [6.07, 6.45) is 0.977. The zero-order chi connectivity index (χ0) is 10.8. The minimum atomic E-state index is -0.479. The average molecular weight is 209 g/mol. The third kappa shape index (κ3) is 1.72. The van der Waals surface area contributed by atoms with Gasteiger partial charge in [0.15, 0.2) is 5.78 Å². The van der Waals surface area contributed by atoms with E-state index in [1.807, 2.05) is 0 Å². The number of carbonyl (C=O) groups excluding carboxylic acids is 2. The Balaban J connectivity index is 2.16. The Bertz CT molecular complexity index is 396. The van der Waals surface area contributed by atoms with Crippen LogP contribution in [0, 0.1) is 0 Å². The Morgan fingerprint density at radius 1 is 1.60 bits per heavy atom. The van der Waals surface area contributed by atoms with Crippen molar-refractivity contribution in [3.8, 4) is 0 Å². The number of nitrogens with zero attached hydrogens (tertiary/aromatic N) is 1. The summed E-state index contributed by atoms with van der Waals surface area (Å²) < 4.78 is 9.93. The zero-order valence-corrected chi connectivity index (χ0v) is 8.36. The first-order chi connectivity index (χ1) is 7.22. The lowest BCUT2D eigenvalue weighted by Crippen LogP contribution is -2.39. The first kappa shape index (κ1) is 9.76. The van der Waals surface area contributed by atoms with Gasteiger partial charge in [0.05, 0.1) is 31.5 Å². The zero-order valence-electron chi connectivity index (χ0n) is 8.36. The van der Waals surface area contributed by atoms with Gasteiger partial charge in [-0.1, -0.05) is 0 Å². The molecule has 1 amide bonds. The number of Topliss-reactive ketones (excluding diaryl/α,β-unsaturated/α-hetero) is 1. The highest BCUT2D eigenvalue weighted by Gasteiger charge is 2.29. The Labute approximate surface area is 86.6 Å². The summed E-state index contributed by atoms with van der Waals surface area (Å²) in [5, 5.41) is 0. The minimum Gasteiger partial charge on any atom is -0.467 e. The number of carbonyl (C=O) groups is 2. The van der Waals surface area contributed by atoms with Crippen molar-refractivity contribution in [1.29, 1.82) is 0 Å². The van der Waals surface area contributed by atoms with Gasteiger partial charge in [0.1, 0.15) is 5.76 Å². The van der Waals surface area contributed by atoms with Gasteiger partial charge in [0.25, 0.3) is 0 Å². The fraction of sp³-hybridized carbons (Fsp3) is 0.400. The molecule has 0 fully saturated rings. The summed E-state index contributed by atoms with van der Waals surface area (Å²) in [6.45, 7) is 2.38. The van der Waals surface area contributed by atoms with Gasteiger partial charge in [-0.25, -0.2) is 4.79 Å². The molecule has 0 bridgehead atoms. The molecular weight excluding hydrogens is 198 g/mol. The van der Waals surface area contributed by atoms with Crippen LogP contribution >= 0.6 is 0 Å². The van der Waals surface area contributed by atoms with Crippen molar-refractivity contribution in [2.45, 2.75) is 13.5 Å². The molecule has 0 saturated carbocycles. The van der Waals surface area contributed by atoms with Gasteiger partial charge in [0, 0.05) is 0 Å². The Kier molecular flexibility index (Phi) is 2.45. The van der Waals surface area contributed by atoms with Crippen LogP contribution in [0.1, 0.15) is 23.0 Å². The molecule has 1 aromatic rings. The predicted octanol–water partition coefficient (Wildman–Crippen LogP) is 1.43. The molecule has 0 unspecified atom stereocenters. The first-order valence-electron chi connectivity index (χ1n) is 4.73. The summed E-state index contributed by atoms with van der Waals surface area (Å²) in [5.41, 5.74) is 0.565. The molecule has 0 aliphatic carbocycles. The number of hydrogen-bond donors (Lipinski definition) is 0. The first-order valence-corrected chi connectivity index (χ1v) is 4.73. The lowest BCUT2D eigenvalue weighted by atomic mass is 10.1. The SMILES string of the molecule is CCOC(=O)N1CC(=O)c2ccoc2C1. The van der Waals surface area contributed by atoms with E-state index in [4.69, 9.17) is 9.15 Å². The number of fused-ring (bicyclic) bond motifs is 1. The second-order valence-electron chi connectivity index (χ2n) is 3.24. The molecule has 0 aromatic carbocycles. The Hall–Kier alpha value is -1.78. The van der Waals surface area contributed by atoms with Gasteiger partial charge in [0.2, 0.25) is 0 Å². The average Bonchev–Trinajstić information content (AvgIpc) is 2.66. The standard InChI is InChI=1S/C10H11NO4/c1-2-14-10(13)11-5-8(12)7-3-4-15-9(7)6-11/h3-4H,2,5-6H2,1H3. The van der Waals surface area contributed by atoms with E-state index >= 15 is 0 Å². The summed E-state index contributed by atoms with van der Waals surface area (Å²) in [5.74, 6) is 0.414. The van der Waals surface area contributed by atoms with Crippen LogP contribution in [0.5, 0.6) is 0 Å². The Morgan fingerprint density at radius 3 is 3.13 bits per heavy atom. The number of ketones is 1. The van der Waals surface area contributed by atoms with E-state index in [0.717, 1.165) is 0 Å². The molecule has 5 nitrogen and oxygen atoms in total. The number of ether oxygens (including phenoxy) is 1. The molecule has 2 heterocycles. The molecule has 0 radical (unpaired) electrons. The predicted molar refractivity (Wildman–Crippen MR) is 50.5 cm³/mol. The monoisotopic (exact) mass is 209 g/mol. The smallest absolute Gasteiger partial charge is 0.410 e. The van der Waals surface area contributed by atoms with Crippen molar-refractivity contribution in [3.63, 3.8) is 0 Å². The molecule has 1 aromatic heterocycles. The summed E-state index contributed by atoms with van der Waals surface area (Å²) in [6, 6.07) is 1.63. The third-order valence-electron chi connectivity index (χ3n) is 2.24. The number of hydrogen-bond acceptors (Lipinski definition) is 4. The maximum absolute atomic E-state index is 11.6. The molecule has 0 saturated heterocycles. The third-order valence-corrected chi connectivity index (χ3v) is 2.24. The van der Waals surface area contributed by atoms with Crippen molar-refractivity contribution >= 4 is 11.9 Å². The van der Waals surface area contributed by atoms with E-state index in [9.17, 15) is 9.59 Å². The van der Waals surface area contributed by atoms with Gasteiger partial charge < -0.3 is 9.15 Å². The van der Waals surface area contributed by atoms with Crippen LogP contribution in [0.2, 0.25) is 0 Å². The minimum absolute atomic E-state index is 0.0609. The van der Waals surface area contributed by atoms with Crippen molar-refractivity contribution in [1.82, 2.24) is 4.90 Å². The second-order valence-corrected chi connectivity index (χ2v) is 3.24. The van der Waals surface area contributed by atoms with Crippen LogP contribution < -0.4 is 0 Å². The molecule has 0 N–H and O–H groups in total. The fourth-order valence-electron chi connectivity index (χ4n) is 1.54. The second kappa shape index (κ2) is 3.76. The van der Waals surface area contributed by atoms with Crippen LogP contribution in [0.3, 0.4) is 0 Å². The van der Waals surface area contributed by atoms with Crippen molar-refractivity contribution in [3.05, 3.63) is 23.7 Å². The molecule has 5 heteroatoms. The highest BCUT2D eigenvalue weighted by molar-refractivity contribution is 6.00. The lowest BCUT2D eigenvalue weighted by Gasteiger charge is -2.23. The topological polar surface area (TPSA) is 59.8 Å². The van der Waals surface area contributed by atoms with E-state index in [2.05, 4.69) is 0 Å². The van der Waals surface area contributed by atoms with Crippen LogP contribution in [0.15, 0.2) is 16.7 Å². The van der Waals surface area contributed by atoms with Crippen LogP contribution in [0.4, 0.5) is 4.79 Å². The van der Waals surface area contributed by atoms with Crippen LogP contribution in [0.25, 0.3) is 0 Å². The molecule has 0 spiro atoms. The summed E-state index contributed by atoms with van der Waals surface area (Å²) in [4.78, 5) is 24.3. The van der Waals surface area contributed by atoms with E-state index in [1.165, 1.54) is 11.2 Å². The van der Waals surface area contributed by atoms with Crippen molar-refractivity contribution in [2.75, 3.05) is 13.2 Å². The maximum Gasteiger partial charge on any atom is 0.410 e. The number of furan rings is 1. The van der Waals surface area contributed by atoms with E-state index in [1.54, 1.807) is 13.0 Å². The van der Waals surface area contributed by atoms with Gasteiger partial charge >= 0.3 is 6.09 Å². The fourth-order valence-corrected chi connectivity index (χ4v) is 1.54. The van der Waals surface area contributed by atoms with Crippen LogP contribution in [-0.2, 0) is 11.3 Å². The number of rotatable bonds is 1. The van der Waals surface area contributed by atoms with Gasteiger partial charge in [-0.2, -0.15) is 0 Å². The molecular formula is C10H11NO4. The molecule has 1 aliphatic heterocycles. The van der Waals surface area contributed by atoms with Crippen molar-refractivity contribution in [2.24, 2.45) is 0 Å². The lowest BCUT2D eigenvalue weighted by molar-refractivity contribution is 0.0777. The molecule has 0 atom stereocenters. The largest absolute Gasteiger partial charge is 0.467 e. The molecule has 1 aliphatic rings. The van der Waals surface area contributed by atoms with E-state index in [-0.39, 0.29) is 12.3 Å². The van der Waals surface area contributed by atoms with E-state index < -0.39 is 6.09 Å². The highest BCUT2D eigenvalue weighted by atomic mass is 16.6. The number of amides is 1. The van der Waals surface area contributed by atoms with Gasteiger partial charge in [-0.05, 0) is 13.0 Å². The molecule has 80 valence electrons.